The Kier molecular flexibility index (Phi) is 5.60. The number of likely N-dealkylation sites (N-methyl/N-ethyl adjacent to an activating group) is 2. The van der Waals surface area contributed by atoms with Crippen LogP contribution in [0.1, 0.15) is 12.5 Å². The second-order valence-electron chi connectivity index (χ2n) is 4.98. The number of ether oxygens (including phenoxy) is 1. The Hall–Kier alpha value is -1.76. The highest BCUT2D eigenvalue weighted by Crippen LogP contribution is 2.27. The van der Waals surface area contributed by atoms with E-state index in [0.29, 0.717) is 5.56 Å². The van der Waals surface area contributed by atoms with Gasteiger partial charge in [-0.2, -0.15) is 0 Å². The topological polar surface area (TPSA) is 32.8 Å². The van der Waals surface area contributed by atoms with Crippen LogP contribution in [0, 0.1) is 0 Å². The summed E-state index contributed by atoms with van der Waals surface area (Å²) in [5.74, 6) is -0.368. The summed E-state index contributed by atoms with van der Waals surface area (Å²) in [6.45, 7) is 1.88. The molecular weight excluding hydrogens is 285 g/mol. The molecule has 1 aromatic carbocycles. The van der Waals surface area contributed by atoms with Gasteiger partial charge in [-0.25, -0.2) is 0 Å². The van der Waals surface area contributed by atoms with Gasteiger partial charge in [-0.05, 0) is 20.0 Å². The molecule has 0 aromatic heterocycles. The van der Waals surface area contributed by atoms with Gasteiger partial charge in [0.2, 0.25) is 5.91 Å². The maximum absolute atomic E-state index is 12.4. The number of halogens is 3. The number of nitrogens with zero attached hydrogens (tertiary/aromatic N) is 2. The second kappa shape index (κ2) is 6.80. The van der Waals surface area contributed by atoms with Crippen molar-refractivity contribution in [3.63, 3.8) is 0 Å². The monoisotopic (exact) mass is 304 g/mol. The molecule has 0 bridgehead atoms. The minimum atomic E-state index is -4.74. The van der Waals surface area contributed by atoms with E-state index in [2.05, 4.69) is 4.74 Å². The van der Waals surface area contributed by atoms with Crippen molar-refractivity contribution in [3.8, 4) is 5.75 Å². The van der Waals surface area contributed by atoms with Crippen LogP contribution in [-0.4, -0.2) is 49.3 Å². The number of hydrogen-bond acceptors (Lipinski definition) is 3. The molecule has 0 fully saturated rings. The van der Waals surface area contributed by atoms with Crippen LogP contribution >= 0.6 is 0 Å². The molecule has 4 nitrogen and oxygen atoms in total. The largest absolute Gasteiger partial charge is 0.573 e. The maximum atomic E-state index is 12.4. The fourth-order valence-corrected chi connectivity index (χ4v) is 1.83. The molecule has 1 atom stereocenters. The molecule has 118 valence electrons. The van der Waals surface area contributed by atoms with Gasteiger partial charge in [-0.15, -0.1) is 13.2 Å². The van der Waals surface area contributed by atoms with E-state index in [9.17, 15) is 18.0 Å². The molecular formula is C14H19F3N2O2. The van der Waals surface area contributed by atoms with Crippen molar-refractivity contribution in [2.75, 3.05) is 21.1 Å². The highest BCUT2D eigenvalue weighted by Gasteiger charge is 2.32. The van der Waals surface area contributed by atoms with Gasteiger partial charge in [0.1, 0.15) is 5.75 Å². The average molecular weight is 304 g/mol. The first kappa shape index (κ1) is 17.3. The van der Waals surface area contributed by atoms with Crippen molar-refractivity contribution < 1.29 is 22.7 Å². The van der Waals surface area contributed by atoms with Crippen LogP contribution in [0.15, 0.2) is 24.3 Å². The van der Waals surface area contributed by atoms with Crippen LogP contribution in [0.3, 0.4) is 0 Å². The van der Waals surface area contributed by atoms with Gasteiger partial charge in [0, 0.05) is 26.2 Å². The Morgan fingerprint density at radius 2 is 1.81 bits per heavy atom. The van der Waals surface area contributed by atoms with E-state index >= 15 is 0 Å². The standard InChI is InChI=1S/C14H19F3N2O2/c1-10(13(20)18(2)3)19(4)9-11-7-5-6-8-12(11)21-14(15,16)17/h5-8,10H,9H2,1-4H3. The molecule has 21 heavy (non-hydrogen) atoms. The van der Waals surface area contributed by atoms with Crippen LogP contribution < -0.4 is 4.74 Å². The Labute approximate surface area is 122 Å². The molecule has 0 spiro atoms. The van der Waals surface area contributed by atoms with E-state index < -0.39 is 12.4 Å². The van der Waals surface area contributed by atoms with Crippen molar-refractivity contribution in [2.24, 2.45) is 0 Å². The minimum absolute atomic E-state index is 0.119. The van der Waals surface area contributed by atoms with Gasteiger partial charge in [0.15, 0.2) is 0 Å². The quantitative estimate of drug-likeness (QED) is 0.838. The first-order valence-electron chi connectivity index (χ1n) is 6.37. The van der Waals surface area contributed by atoms with Gasteiger partial charge in [-0.1, -0.05) is 18.2 Å². The van der Waals surface area contributed by atoms with Crippen molar-refractivity contribution in [1.82, 2.24) is 9.80 Å². The number of amides is 1. The Morgan fingerprint density at radius 3 is 2.33 bits per heavy atom. The second-order valence-corrected chi connectivity index (χ2v) is 4.98. The summed E-state index contributed by atoms with van der Waals surface area (Å²) >= 11 is 0. The van der Waals surface area contributed by atoms with E-state index in [1.54, 1.807) is 45.1 Å². The predicted octanol–water partition coefficient (Wildman–Crippen LogP) is 2.49. The van der Waals surface area contributed by atoms with Crippen LogP contribution in [0.2, 0.25) is 0 Å². The van der Waals surface area contributed by atoms with Crippen LogP contribution in [0.5, 0.6) is 5.75 Å². The van der Waals surface area contributed by atoms with Crippen molar-refractivity contribution in [3.05, 3.63) is 29.8 Å². The molecule has 0 N–H and O–H groups in total. The van der Waals surface area contributed by atoms with Gasteiger partial charge in [0.25, 0.3) is 0 Å². The fourth-order valence-electron chi connectivity index (χ4n) is 1.83. The van der Waals surface area contributed by atoms with Crippen molar-refractivity contribution >= 4 is 5.91 Å². The average Bonchev–Trinajstić information content (AvgIpc) is 2.37. The molecule has 0 aliphatic rings. The lowest BCUT2D eigenvalue weighted by atomic mass is 10.1. The zero-order valence-electron chi connectivity index (χ0n) is 12.4. The van der Waals surface area contributed by atoms with Crippen LogP contribution in [-0.2, 0) is 11.3 Å². The summed E-state index contributed by atoms with van der Waals surface area (Å²) < 4.78 is 41.1. The summed E-state index contributed by atoms with van der Waals surface area (Å²) in [5.41, 5.74) is 0.371. The number of benzene rings is 1. The third-order valence-electron chi connectivity index (χ3n) is 3.08. The molecule has 1 amide bonds. The molecule has 1 unspecified atom stereocenters. The molecule has 7 heteroatoms. The maximum Gasteiger partial charge on any atom is 0.573 e. The molecule has 0 aliphatic heterocycles. The lowest BCUT2D eigenvalue weighted by Crippen LogP contribution is -2.42. The van der Waals surface area contributed by atoms with Gasteiger partial charge >= 0.3 is 6.36 Å². The first-order chi connectivity index (χ1) is 9.61. The van der Waals surface area contributed by atoms with E-state index in [1.165, 1.54) is 17.0 Å². The molecule has 0 saturated carbocycles. The summed E-state index contributed by atoms with van der Waals surface area (Å²) in [6.07, 6.45) is -4.74. The predicted molar refractivity (Wildman–Crippen MR) is 72.7 cm³/mol. The fraction of sp³-hybridized carbons (Fsp3) is 0.500. The van der Waals surface area contributed by atoms with Crippen molar-refractivity contribution in [2.45, 2.75) is 25.9 Å². The minimum Gasteiger partial charge on any atom is -0.405 e. The number of hydrogen-bond donors (Lipinski definition) is 0. The zero-order chi connectivity index (χ0) is 16.2. The van der Waals surface area contributed by atoms with E-state index in [0.717, 1.165) is 0 Å². The lowest BCUT2D eigenvalue weighted by molar-refractivity contribution is -0.275. The summed E-state index contributed by atoms with van der Waals surface area (Å²) in [5, 5.41) is 0. The molecule has 0 radical (unpaired) electrons. The van der Waals surface area contributed by atoms with Crippen molar-refractivity contribution in [1.29, 1.82) is 0 Å². The number of carbonyl (C=O) groups is 1. The Bertz CT molecular complexity index is 489. The van der Waals surface area contributed by atoms with E-state index in [1.807, 2.05) is 0 Å². The molecule has 1 aromatic rings. The van der Waals surface area contributed by atoms with Gasteiger partial charge in [-0.3, -0.25) is 9.69 Å². The number of para-hydroxylation sites is 1. The number of carbonyl (C=O) groups excluding carboxylic acids is 1. The molecule has 0 heterocycles. The number of rotatable bonds is 5. The first-order valence-corrected chi connectivity index (χ1v) is 6.37. The van der Waals surface area contributed by atoms with Crippen LogP contribution in [0.25, 0.3) is 0 Å². The van der Waals surface area contributed by atoms with Gasteiger partial charge in [0.05, 0.1) is 6.04 Å². The summed E-state index contributed by atoms with van der Waals surface area (Å²) in [4.78, 5) is 15.0. The summed E-state index contributed by atoms with van der Waals surface area (Å²) in [6, 6.07) is 5.46. The number of alkyl halides is 3. The SMILES string of the molecule is CC(C(=O)N(C)C)N(C)Cc1ccccc1OC(F)(F)F. The molecule has 1 rings (SSSR count). The highest BCUT2D eigenvalue weighted by molar-refractivity contribution is 5.80. The molecule has 0 aliphatic carbocycles. The molecule has 0 saturated heterocycles. The summed E-state index contributed by atoms with van der Waals surface area (Å²) in [7, 11) is 4.94. The Balaban J connectivity index is 2.85. The third-order valence-corrected chi connectivity index (χ3v) is 3.08. The smallest absolute Gasteiger partial charge is 0.405 e. The van der Waals surface area contributed by atoms with Crippen LogP contribution in [0.4, 0.5) is 13.2 Å². The third kappa shape index (κ3) is 5.26. The zero-order valence-corrected chi connectivity index (χ0v) is 12.4. The van der Waals surface area contributed by atoms with E-state index in [-0.39, 0.29) is 18.2 Å². The lowest BCUT2D eigenvalue weighted by Gasteiger charge is -2.27. The van der Waals surface area contributed by atoms with E-state index in [4.69, 9.17) is 0 Å². The highest BCUT2D eigenvalue weighted by atomic mass is 19.4. The normalized spacial score (nSPS) is 13.1. The van der Waals surface area contributed by atoms with Gasteiger partial charge < -0.3 is 9.64 Å². The Morgan fingerprint density at radius 1 is 1.24 bits per heavy atom.